The molecule has 0 aliphatic carbocycles. The minimum atomic E-state index is -0.265. The average Bonchev–Trinajstić information content (AvgIpc) is 4.16. The smallest absolute Gasteiger partial charge is 0.259 e. The number of thiophene rings is 2. The Balaban J connectivity index is 1.24. The van der Waals surface area contributed by atoms with Crippen molar-refractivity contribution in [1.82, 2.24) is 0 Å². The molecule has 0 radical (unpaired) electrons. The van der Waals surface area contributed by atoms with Gasteiger partial charge in [-0.05, 0) is 110 Å². The molecule has 15 rings (SSSR count). The Morgan fingerprint density at radius 3 is 1.41 bits per heavy atom. The lowest BCUT2D eigenvalue weighted by molar-refractivity contribution is 0.569. The van der Waals surface area contributed by atoms with Crippen molar-refractivity contribution in [3.05, 3.63) is 174 Å². The number of hydrogen-bond acceptors (Lipinski definition) is 6. The number of fused-ring (bicyclic) bond motifs is 22. The second kappa shape index (κ2) is 14.7. The van der Waals surface area contributed by atoms with Crippen molar-refractivity contribution >= 4 is 164 Å². The van der Waals surface area contributed by atoms with E-state index in [4.69, 9.17) is 8.83 Å². The highest BCUT2D eigenvalue weighted by Crippen LogP contribution is 2.56. The first kappa shape index (κ1) is 43.3. The van der Waals surface area contributed by atoms with E-state index in [1.165, 1.54) is 95.6 Å². The molecule has 2 aliphatic rings. The maximum absolute atomic E-state index is 7.58. The standard InChI is InChI=1S/C66H53BN2O2S2/c1-64(2,3)36-31-37(65(4,5)6)33-40(32-36)69-46-35-38(66(7,8)9)34-45-55(46)67(56-59(69)63-54(44-26-16-20-30-50(44)73-63)51-41-23-13-17-27-47(41)70-60(51)56)57-58(68(45)39-21-11-10-12-22-39)61-52(42-24-14-18-28-48(42)71-61)53-43-25-15-19-29-49(43)72-62(53)57/h10-35H,1-9H3. The van der Waals surface area contributed by atoms with Crippen LogP contribution in [0.3, 0.4) is 0 Å². The second-order valence-corrected chi connectivity index (χ2v) is 25.7. The molecule has 0 bridgehead atoms. The van der Waals surface area contributed by atoms with Crippen LogP contribution in [0, 0.1) is 0 Å². The van der Waals surface area contributed by atoms with Crippen LogP contribution in [0.5, 0.6) is 0 Å². The number of rotatable bonds is 2. The van der Waals surface area contributed by atoms with Gasteiger partial charge in [-0.1, -0.05) is 159 Å². The topological polar surface area (TPSA) is 32.8 Å². The minimum absolute atomic E-state index is 0.118. The van der Waals surface area contributed by atoms with E-state index >= 15 is 0 Å². The molecular formula is C66H53BN2O2S2. The monoisotopic (exact) mass is 980 g/mol. The summed E-state index contributed by atoms with van der Waals surface area (Å²) in [5.74, 6) is 0. The lowest BCUT2D eigenvalue weighted by Gasteiger charge is -2.45. The lowest BCUT2D eigenvalue weighted by Crippen LogP contribution is -2.62. The maximum atomic E-state index is 7.58. The molecule has 0 unspecified atom stereocenters. The molecule has 0 fully saturated rings. The molecule has 7 heteroatoms. The SMILES string of the molecule is CC(C)(C)c1cc(N2c3cc(C(C)(C)C)cc4c3B(c3c2c2sc5ccccc5c2c2c3oc3ccccc32)c2c(c3oc5ccccc5c3c3c2sc2ccccc23)N4c2ccccc2)cc(C(C)(C)C)c1. The quantitative estimate of drug-likeness (QED) is 0.162. The second-order valence-electron chi connectivity index (χ2n) is 23.6. The third kappa shape index (κ3) is 5.95. The summed E-state index contributed by atoms with van der Waals surface area (Å²) in [6.07, 6.45) is 0. The number of benzene rings is 9. The van der Waals surface area contributed by atoms with Crippen LogP contribution >= 0.6 is 22.7 Å². The molecule has 0 saturated carbocycles. The van der Waals surface area contributed by atoms with E-state index in [9.17, 15) is 0 Å². The molecule has 13 aromatic rings. The Bertz CT molecular complexity index is 4500. The third-order valence-electron chi connectivity index (χ3n) is 16.0. The van der Waals surface area contributed by atoms with Crippen LogP contribution in [0.25, 0.3) is 84.2 Å². The summed E-state index contributed by atoms with van der Waals surface area (Å²) in [4.78, 5) is 5.25. The summed E-state index contributed by atoms with van der Waals surface area (Å²) < 4.78 is 20.1. The van der Waals surface area contributed by atoms with Crippen molar-refractivity contribution in [3.63, 3.8) is 0 Å². The molecular weight excluding hydrogens is 928 g/mol. The summed E-state index contributed by atoms with van der Waals surface area (Å²) in [7, 11) is 0. The molecule has 6 heterocycles. The van der Waals surface area contributed by atoms with Gasteiger partial charge in [0.05, 0.1) is 16.1 Å². The van der Waals surface area contributed by atoms with Gasteiger partial charge >= 0.3 is 0 Å². The van der Waals surface area contributed by atoms with E-state index in [-0.39, 0.29) is 23.0 Å². The van der Waals surface area contributed by atoms with E-state index in [1.54, 1.807) is 0 Å². The normalized spacial score (nSPS) is 14.0. The Morgan fingerprint density at radius 2 is 0.836 bits per heavy atom. The fourth-order valence-corrected chi connectivity index (χ4v) is 15.0. The molecule has 9 aromatic carbocycles. The van der Waals surface area contributed by atoms with Crippen LogP contribution in [0.1, 0.15) is 79.0 Å². The molecule has 0 amide bonds. The van der Waals surface area contributed by atoms with Crippen LogP contribution in [0.4, 0.5) is 34.1 Å². The fraction of sp³-hybridized carbons (Fsp3) is 0.182. The van der Waals surface area contributed by atoms with Crippen molar-refractivity contribution < 1.29 is 8.83 Å². The predicted molar refractivity (Wildman–Crippen MR) is 317 cm³/mol. The molecule has 73 heavy (non-hydrogen) atoms. The van der Waals surface area contributed by atoms with Crippen LogP contribution in [-0.2, 0) is 16.2 Å². The van der Waals surface area contributed by atoms with Gasteiger partial charge in [-0.3, -0.25) is 0 Å². The first-order valence-electron chi connectivity index (χ1n) is 25.7. The highest BCUT2D eigenvalue weighted by atomic mass is 32.1. The fourth-order valence-electron chi connectivity index (χ4n) is 12.4. The van der Waals surface area contributed by atoms with Gasteiger partial charge < -0.3 is 18.6 Å². The summed E-state index contributed by atoms with van der Waals surface area (Å²) in [5.41, 5.74) is 17.7. The third-order valence-corrected chi connectivity index (χ3v) is 18.4. The molecule has 2 aliphatic heterocycles. The van der Waals surface area contributed by atoms with Crippen LogP contribution in [-0.4, -0.2) is 6.71 Å². The zero-order valence-electron chi connectivity index (χ0n) is 42.6. The van der Waals surface area contributed by atoms with Gasteiger partial charge in [-0.2, -0.15) is 0 Å². The Hall–Kier alpha value is -7.32. The molecule has 354 valence electrons. The lowest BCUT2D eigenvalue weighted by atomic mass is 9.33. The highest BCUT2D eigenvalue weighted by Gasteiger charge is 2.50. The summed E-state index contributed by atoms with van der Waals surface area (Å²) in [5, 5.41) is 9.63. The molecule has 0 saturated heterocycles. The first-order valence-corrected chi connectivity index (χ1v) is 27.3. The Morgan fingerprint density at radius 1 is 0.384 bits per heavy atom. The average molecular weight is 981 g/mol. The van der Waals surface area contributed by atoms with E-state index < -0.39 is 0 Å². The maximum Gasteiger partial charge on any atom is 0.259 e. The van der Waals surface area contributed by atoms with Crippen molar-refractivity contribution in [2.45, 2.75) is 78.6 Å². The Labute approximate surface area is 433 Å². The van der Waals surface area contributed by atoms with Crippen molar-refractivity contribution in [1.29, 1.82) is 0 Å². The molecule has 4 nitrogen and oxygen atoms in total. The predicted octanol–water partition coefficient (Wildman–Crippen LogP) is 18.2. The minimum Gasteiger partial charge on any atom is -0.456 e. The van der Waals surface area contributed by atoms with E-state index in [0.717, 1.165) is 55.9 Å². The van der Waals surface area contributed by atoms with Gasteiger partial charge in [0.1, 0.15) is 16.7 Å². The zero-order chi connectivity index (χ0) is 49.6. The van der Waals surface area contributed by atoms with E-state index in [2.05, 4.69) is 230 Å². The van der Waals surface area contributed by atoms with Crippen molar-refractivity contribution in [2.24, 2.45) is 0 Å². The highest BCUT2D eigenvalue weighted by molar-refractivity contribution is 7.29. The van der Waals surface area contributed by atoms with Gasteiger partial charge in [0, 0.05) is 79.9 Å². The number of furan rings is 2. The van der Waals surface area contributed by atoms with Gasteiger partial charge in [0.15, 0.2) is 5.58 Å². The van der Waals surface area contributed by atoms with Gasteiger partial charge in [-0.15, -0.1) is 22.7 Å². The number of para-hydroxylation sites is 3. The molecule has 0 N–H and O–H groups in total. The van der Waals surface area contributed by atoms with E-state index in [0.29, 0.717) is 0 Å². The van der Waals surface area contributed by atoms with Crippen LogP contribution < -0.4 is 26.2 Å². The number of hydrogen-bond donors (Lipinski definition) is 0. The summed E-state index contributed by atoms with van der Waals surface area (Å²) in [6, 6.07) is 58.9. The summed E-state index contributed by atoms with van der Waals surface area (Å²) in [6.45, 7) is 20.9. The molecule has 4 aromatic heterocycles. The largest absolute Gasteiger partial charge is 0.456 e. The summed E-state index contributed by atoms with van der Waals surface area (Å²) >= 11 is 3.84. The number of anilines is 6. The van der Waals surface area contributed by atoms with Crippen molar-refractivity contribution in [3.8, 4) is 0 Å². The molecule has 0 spiro atoms. The van der Waals surface area contributed by atoms with Crippen LogP contribution in [0.15, 0.2) is 167 Å². The van der Waals surface area contributed by atoms with Crippen LogP contribution in [0.2, 0.25) is 0 Å². The van der Waals surface area contributed by atoms with Gasteiger partial charge in [-0.25, -0.2) is 0 Å². The first-order chi connectivity index (χ1) is 35.1. The Kier molecular flexibility index (Phi) is 8.70. The number of nitrogens with zero attached hydrogens (tertiary/aromatic N) is 2. The van der Waals surface area contributed by atoms with E-state index in [1.807, 2.05) is 22.7 Å². The van der Waals surface area contributed by atoms with Gasteiger partial charge in [0.25, 0.3) is 6.71 Å². The van der Waals surface area contributed by atoms with Gasteiger partial charge in [0.2, 0.25) is 0 Å². The molecule has 0 atom stereocenters. The zero-order valence-corrected chi connectivity index (χ0v) is 44.2. The van der Waals surface area contributed by atoms with Crippen molar-refractivity contribution in [2.75, 3.05) is 9.80 Å².